The SMILES string of the molecule is O=C(c1cc(C2CC2)c(CN2CCN(Cc3cc(Cl)cc(Cl)c3)CC2)cc1F)N(OC(=O)C(F)(F)F)S(=O)(=O)C1CC1. The largest absolute Gasteiger partial charge is 0.493 e. The van der Waals surface area contributed by atoms with Crippen LogP contribution in [-0.2, 0) is 32.7 Å². The van der Waals surface area contributed by atoms with Gasteiger partial charge in [0.15, 0.2) is 0 Å². The summed E-state index contributed by atoms with van der Waals surface area (Å²) in [6.45, 7) is 3.80. The van der Waals surface area contributed by atoms with Gasteiger partial charge in [-0.15, -0.1) is 0 Å². The van der Waals surface area contributed by atoms with Gasteiger partial charge in [0.2, 0.25) is 0 Å². The van der Waals surface area contributed by atoms with E-state index in [4.69, 9.17) is 23.2 Å². The molecule has 0 radical (unpaired) electrons. The molecular weight excluding hydrogens is 625 g/mol. The van der Waals surface area contributed by atoms with Gasteiger partial charge in [-0.3, -0.25) is 14.6 Å². The van der Waals surface area contributed by atoms with Gasteiger partial charge < -0.3 is 4.84 Å². The first-order valence-electron chi connectivity index (χ1n) is 13.3. The molecule has 2 saturated carbocycles. The number of hydrogen-bond donors (Lipinski definition) is 0. The Kier molecular flexibility index (Phi) is 8.79. The van der Waals surface area contributed by atoms with Crippen LogP contribution in [0.4, 0.5) is 17.6 Å². The van der Waals surface area contributed by atoms with E-state index in [2.05, 4.69) is 14.6 Å². The second-order valence-electron chi connectivity index (χ2n) is 10.8. The van der Waals surface area contributed by atoms with Crippen LogP contribution < -0.4 is 0 Å². The summed E-state index contributed by atoms with van der Waals surface area (Å²) in [5, 5.41) is -0.0822. The fraction of sp³-hybridized carbons (Fsp3) is 0.481. The summed E-state index contributed by atoms with van der Waals surface area (Å²) in [4.78, 5) is 33.0. The van der Waals surface area contributed by atoms with E-state index in [-0.39, 0.29) is 18.8 Å². The lowest BCUT2D eigenvalue weighted by molar-refractivity contribution is -0.217. The van der Waals surface area contributed by atoms with Crippen molar-refractivity contribution in [2.75, 3.05) is 26.2 Å². The second-order valence-corrected chi connectivity index (χ2v) is 13.7. The minimum absolute atomic E-state index is 0.00719. The van der Waals surface area contributed by atoms with Crippen molar-refractivity contribution in [3.63, 3.8) is 0 Å². The number of nitrogens with zero attached hydrogens (tertiary/aromatic N) is 3. The van der Waals surface area contributed by atoms with Gasteiger partial charge in [0.1, 0.15) is 5.82 Å². The van der Waals surface area contributed by atoms with Crippen LogP contribution in [0.1, 0.15) is 58.6 Å². The van der Waals surface area contributed by atoms with Crippen LogP contribution in [0.25, 0.3) is 0 Å². The number of hydroxylamine groups is 1. The van der Waals surface area contributed by atoms with Crippen molar-refractivity contribution in [1.29, 1.82) is 0 Å². The maximum Gasteiger partial charge on any atom is 0.493 e. The van der Waals surface area contributed by atoms with Gasteiger partial charge >= 0.3 is 18.1 Å². The normalized spacial score (nSPS) is 18.6. The summed E-state index contributed by atoms with van der Waals surface area (Å²) in [6, 6.07) is 7.68. The predicted octanol–water partition coefficient (Wildman–Crippen LogP) is 5.28. The molecule has 0 atom stereocenters. The van der Waals surface area contributed by atoms with Crippen LogP contribution in [0.3, 0.4) is 0 Å². The first-order valence-corrected chi connectivity index (χ1v) is 15.6. The molecule has 0 aromatic heterocycles. The molecule has 5 rings (SSSR count). The van der Waals surface area contributed by atoms with Gasteiger partial charge in [-0.1, -0.05) is 27.7 Å². The Morgan fingerprint density at radius 3 is 2.00 bits per heavy atom. The summed E-state index contributed by atoms with van der Waals surface area (Å²) in [7, 11) is -4.78. The summed E-state index contributed by atoms with van der Waals surface area (Å²) < 4.78 is 78.9. The summed E-state index contributed by atoms with van der Waals surface area (Å²) in [5.74, 6) is -5.69. The van der Waals surface area contributed by atoms with Gasteiger partial charge in [-0.2, -0.15) is 13.2 Å². The minimum Gasteiger partial charge on any atom is -0.314 e. The smallest absolute Gasteiger partial charge is 0.314 e. The van der Waals surface area contributed by atoms with E-state index in [1.165, 1.54) is 6.07 Å². The number of piperazine rings is 1. The highest BCUT2D eigenvalue weighted by Gasteiger charge is 2.50. The number of amides is 1. The van der Waals surface area contributed by atoms with Crippen molar-refractivity contribution in [2.24, 2.45) is 0 Å². The standard InChI is InChI=1S/C27H27Cl2F4N3O5S/c28-19-9-16(10-20(29)12-19)14-34-5-7-35(8-6-34)15-18-11-24(30)23(13-22(18)17-1-2-17)25(37)36(41-26(38)27(31,32)33)42(39,40)21-3-4-21/h9-13,17,21H,1-8,14-15H2. The van der Waals surface area contributed by atoms with Crippen LogP contribution >= 0.6 is 23.2 Å². The van der Waals surface area contributed by atoms with Crippen molar-refractivity contribution in [2.45, 2.75) is 56.1 Å². The Morgan fingerprint density at radius 1 is 0.905 bits per heavy atom. The van der Waals surface area contributed by atoms with Crippen molar-refractivity contribution in [3.05, 3.63) is 68.4 Å². The lowest BCUT2D eigenvalue weighted by Crippen LogP contribution is -2.45. The Bertz CT molecular complexity index is 1470. The van der Waals surface area contributed by atoms with Crippen LogP contribution in [0.5, 0.6) is 0 Å². The van der Waals surface area contributed by atoms with Crippen molar-refractivity contribution in [3.8, 4) is 0 Å². The molecule has 1 heterocycles. The Labute approximate surface area is 250 Å². The van der Waals surface area contributed by atoms with Crippen LogP contribution in [0, 0.1) is 5.82 Å². The monoisotopic (exact) mass is 651 g/mol. The molecule has 2 aromatic carbocycles. The average molecular weight is 652 g/mol. The quantitative estimate of drug-likeness (QED) is 0.283. The highest BCUT2D eigenvalue weighted by Crippen LogP contribution is 2.43. The molecule has 1 aliphatic heterocycles. The van der Waals surface area contributed by atoms with Gasteiger partial charge in [-0.05, 0) is 78.6 Å². The van der Waals surface area contributed by atoms with Gasteiger partial charge in [0.25, 0.3) is 10.0 Å². The van der Waals surface area contributed by atoms with E-state index < -0.39 is 49.2 Å². The van der Waals surface area contributed by atoms with E-state index >= 15 is 4.39 Å². The predicted molar refractivity (Wildman–Crippen MR) is 146 cm³/mol. The molecular formula is C27H27Cl2F4N3O5S. The number of sulfonamides is 1. The van der Waals surface area contributed by atoms with Crippen LogP contribution in [0.2, 0.25) is 10.0 Å². The van der Waals surface area contributed by atoms with E-state index in [1.807, 2.05) is 12.1 Å². The van der Waals surface area contributed by atoms with Crippen LogP contribution in [-0.4, -0.2) is 72.2 Å². The van der Waals surface area contributed by atoms with E-state index in [1.54, 1.807) is 6.07 Å². The minimum atomic E-state index is -5.57. The first-order chi connectivity index (χ1) is 19.7. The fourth-order valence-electron chi connectivity index (χ4n) is 4.95. The third kappa shape index (κ3) is 7.19. The van der Waals surface area contributed by atoms with Gasteiger partial charge in [0.05, 0.1) is 10.8 Å². The van der Waals surface area contributed by atoms with E-state index in [9.17, 15) is 31.2 Å². The number of alkyl halides is 3. The number of hydrogen-bond acceptors (Lipinski definition) is 7. The molecule has 2 aromatic rings. The zero-order valence-electron chi connectivity index (χ0n) is 22.2. The first kappa shape index (κ1) is 31.0. The number of halogens is 6. The number of carbonyl (C=O) groups excluding carboxylic acids is 2. The second kappa shape index (κ2) is 11.9. The van der Waals surface area contributed by atoms with Crippen LogP contribution in [0.15, 0.2) is 30.3 Å². The average Bonchev–Trinajstić information content (AvgIpc) is 3.80. The molecule has 8 nitrogen and oxygen atoms in total. The molecule has 1 saturated heterocycles. The maximum atomic E-state index is 15.4. The zero-order chi connectivity index (χ0) is 30.4. The Balaban J connectivity index is 1.32. The summed E-state index contributed by atoms with van der Waals surface area (Å²) in [6.07, 6.45) is -3.90. The molecule has 0 unspecified atom stereocenters. The third-order valence-corrected chi connectivity index (χ3v) is 9.86. The molecule has 0 N–H and O–H groups in total. The van der Waals surface area contributed by atoms with Gasteiger partial charge in [0, 0.05) is 49.3 Å². The maximum absolute atomic E-state index is 15.4. The highest BCUT2D eigenvalue weighted by atomic mass is 35.5. The highest BCUT2D eigenvalue weighted by molar-refractivity contribution is 7.90. The van der Waals surface area contributed by atoms with Crippen molar-refractivity contribution < 1.29 is 40.4 Å². The number of carbonyl (C=O) groups is 2. The van der Waals surface area contributed by atoms with E-state index in [0.29, 0.717) is 47.4 Å². The molecule has 2 aliphatic carbocycles. The molecule has 0 bridgehead atoms. The fourth-order valence-corrected chi connectivity index (χ4v) is 7.02. The number of rotatable bonds is 8. The van der Waals surface area contributed by atoms with Gasteiger partial charge in [-0.25, -0.2) is 17.6 Å². The number of benzene rings is 2. The lowest BCUT2D eigenvalue weighted by atomic mass is 9.98. The van der Waals surface area contributed by atoms with Crippen molar-refractivity contribution in [1.82, 2.24) is 14.3 Å². The lowest BCUT2D eigenvalue weighted by Gasteiger charge is -2.35. The third-order valence-electron chi connectivity index (χ3n) is 7.40. The molecule has 3 fully saturated rings. The topological polar surface area (TPSA) is 87.2 Å². The molecule has 1 amide bonds. The molecule has 15 heteroatoms. The zero-order valence-corrected chi connectivity index (χ0v) is 24.5. The van der Waals surface area contributed by atoms with E-state index in [0.717, 1.165) is 37.6 Å². The molecule has 3 aliphatic rings. The Morgan fingerprint density at radius 2 is 1.48 bits per heavy atom. The Hall–Kier alpha value is -2.45. The van der Waals surface area contributed by atoms with Crippen molar-refractivity contribution >= 4 is 45.1 Å². The molecule has 42 heavy (non-hydrogen) atoms. The molecule has 0 spiro atoms. The summed E-state index contributed by atoms with van der Waals surface area (Å²) >= 11 is 12.2. The summed E-state index contributed by atoms with van der Waals surface area (Å²) in [5.41, 5.74) is 1.43. The molecule has 228 valence electrons.